The fourth-order valence-corrected chi connectivity index (χ4v) is 1.44. The standard InChI is InChI=1S/C9H18N4S/c1-7(2)12(4)5-6-13-8(3)10-11-9(13)14/h7H,5-6H2,1-4H3,(H,11,14). The second-order valence-corrected chi connectivity index (χ2v) is 4.19. The number of aromatic nitrogens is 3. The number of hydrogen-bond acceptors (Lipinski definition) is 3. The van der Waals surface area contributed by atoms with E-state index in [-0.39, 0.29) is 0 Å². The van der Waals surface area contributed by atoms with Gasteiger partial charge in [-0.2, -0.15) is 5.10 Å². The SMILES string of the molecule is Cc1n[nH]c(=S)n1CCN(C)C(C)C. The van der Waals surface area contributed by atoms with E-state index in [1.807, 2.05) is 11.5 Å². The molecule has 0 aromatic carbocycles. The maximum atomic E-state index is 5.12. The molecule has 1 heterocycles. The first-order chi connectivity index (χ1) is 6.52. The molecule has 0 aliphatic rings. The van der Waals surface area contributed by atoms with Gasteiger partial charge in [-0.05, 0) is 40.0 Å². The molecule has 1 aromatic heterocycles. The van der Waals surface area contributed by atoms with Crippen molar-refractivity contribution in [1.29, 1.82) is 0 Å². The van der Waals surface area contributed by atoms with E-state index in [1.165, 1.54) is 0 Å². The molecule has 0 saturated carbocycles. The van der Waals surface area contributed by atoms with E-state index in [2.05, 4.69) is 36.0 Å². The van der Waals surface area contributed by atoms with Crippen LogP contribution in [0.4, 0.5) is 0 Å². The van der Waals surface area contributed by atoms with Gasteiger partial charge in [-0.1, -0.05) is 0 Å². The molecule has 0 amide bonds. The average Bonchev–Trinajstić information content (AvgIpc) is 2.43. The average molecular weight is 214 g/mol. The summed E-state index contributed by atoms with van der Waals surface area (Å²) in [5.41, 5.74) is 0. The molecule has 0 aliphatic heterocycles. The van der Waals surface area contributed by atoms with Crippen LogP contribution >= 0.6 is 12.2 Å². The molecule has 0 saturated heterocycles. The van der Waals surface area contributed by atoms with E-state index in [0.29, 0.717) is 10.8 Å². The second kappa shape index (κ2) is 4.70. The van der Waals surface area contributed by atoms with Gasteiger partial charge >= 0.3 is 0 Å². The summed E-state index contributed by atoms with van der Waals surface area (Å²) in [5.74, 6) is 0.951. The molecule has 1 aromatic rings. The van der Waals surface area contributed by atoms with Crippen molar-refractivity contribution in [2.24, 2.45) is 0 Å². The third-order valence-electron chi connectivity index (χ3n) is 2.51. The smallest absolute Gasteiger partial charge is 0.195 e. The summed E-state index contributed by atoms with van der Waals surface area (Å²) in [6, 6.07) is 0.566. The highest BCUT2D eigenvalue weighted by atomic mass is 32.1. The van der Waals surface area contributed by atoms with E-state index >= 15 is 0 Å². The largest absolute Gasteiger partial charge is 0.303 e. The number of likely N-dealkylation sites (N-methyl/N-ethyl adjacent to an activating group) is 1. The van der Waals surface area contributed by atoms with E-state index in [0.717, 1.165) is 18.9 Å². The van der Waals surface area contributed by atoms with Crippen LogP contribution in [0.1, 0.15) is 19.7 Å². The summed E-state index contributed by atoms with van der Waals surface area (Å²) < 4.78 is 2.73. The van der Waals surface area contributed by atoms with Crippen LogP contribution in [0.25, 0.3) is 0 Å². The van der Waals surface area contributed by atoms with Crippen molar-refractivity contribution in [2.75, 3.05) is 13.6 Å². The summed E-state index contributed by atoms with van der Waals surface area (Å²) in [6.45, 7) is 8.22. The summed E-state index contributed by atoms with van der Waals surface area (Å²) in [5, 5.41) is 6.85. The lowest BCUT2D eigenvalue weighted by Gasteiger charge is -2.21. The highest BCUT2D eigenvalue weighted by molar-refractivity contribution is 7.71. The minimum absolute atomic E-state index is 0.566. The molecule has 5 heteroatoms. The third kappa shape index (κ3) is 2.65. The number of nitrogens with zero attached hydrogens (tertiary/aromatic N) is 3. The number of nitrogens with one attached hydrogen (secondary N) is 1. The van der Waals surface area contributed by atoms with Gasteiger partial charge in [0.1, 0.15) is 5.82 Å². The minimum Gasteiger partial charge on any atom is -0.303 e. The predicted molar refractivity (Wildman–Crippen MR) is 59.9 cm³/mol. The van der Waals surface area contributed by atoms with Crippen molar-refractivity contribution in [2.45, 2.75) is 33.4 Å². The quantitative estimate of drug-likeness (QED) is 0.773. The van der Waals surface area contributed by atoms with Gasteiger partial charge in [0.15, 0.2) is 4.77 Å². The molecule has 1 N–H and O–H groups in total. The van der Waals surface area contributed by atoms with E-state index in [1.54, 1.807) is 0 Å². The topological polar surface area (TPSA) is 36.9 Å². The summed E-state index contributed by atoms with van der Waals surface area (Å²) in [4.78, 5) is 2.29. The van der Waals surface area contributed by atoms with Gasteiger partial charge in [0.25, 0.3) is 0 Å². The fraction of sp³-hybridized carbons (Fsp3) is 0.778. The molecule has 80 valence electrons. The van der Waals surface area contributed by atoms with E-state index in [4.69, 9.17) is 12.2 Å². The minimum atomic E-state index is 0.566. The molecular formula is C9H18N4S. The molecule has 0 fully saturated rings. The highest BCUT2D eigenvalue weighted by Crippen LogP contribution is 1.98. The van der Waals surface area contributed by atoms with Crippen LogP contribution in [-0.4, -0.2) is 39.3 Å². The first-order valence-electron chi connectivity index (χ1n) is 4.84. The molecule has 0 bridgehead atoms. The van der Waals surface area contributed by atoms with Gasteiger partial charge in [0.2, 0.25) is 0 Å². The monoisotopic (exact) mass is 214 g/mol. The molecule has 0 atom stereocenters. The fourth-order valence-electron chi connectivity index (χ4n) is 1.18. The first kappa shape index (κ1) is 11.4. The van der Waals surface area contributed by atoms with Gasteiger partial charge in [-0.15, -0.1) is 0 Å². The van der Waals surface area contributed by atoms with E-state index < -0.39 is 0 Å². The first-order valence-corrected chi connectivity index (χ1v) is 5.25. The Morgan fingerprint density at radius 1 is 1.57 bits per heavy atom. The van der Waals surface area contributed by atoms with Crippen molar-refractivity contribution < 1.29 is 0 Å². The Bertz CT molecular complexity index is 339. The Kier molecular flexibility index (Phi) is 3.83. The van der Waals surface area contributed by atoms with Crippen LogP contribution in [0, 0.1) is 11.7 Å². The number of rotatable bonds is 4. The number of H-pyrrole nitrogens is 1. The third-order valence-corrected chi connectivity index (χ3v) is 2.82. The van der Waals surface area contributed by atoms with Gasteiger partial charge in [0, 0.05) is 19.1 Å². The molecule has 4 nitrogen and oxygen atoms in total. The lowest BCUT2D eigenvalue weighted by atomic mass is 10.3. The zero-order valence-electron chi connectivity index (χ0n) is 9.24. The zero-order chi connectivity index (χ0) is 10.7. The molecule has 1 rings (SSSR count). The lowest BCUT2D eigenvalue weighted by molar-refractivity contribution is 0.261. The van der Waals surface area contributed by atoms with Crippen LogP contribution in [-0.2, 0) is 6.54 Å². The maximum Gasteiger partial charge on any atom is 0.195 e. The van der Waals surface area contributed by atoms with Gasteiger partial charge < -0.3 is 9.47 Å². The molecule has 0 radical (unpaired) electrons. The van der Waals surface area contributed by atoms with Crippen LogP contribution in [0.15, 0.2) is 0 Å². The molecule has 0 unspecified atom stereocenters. The number of aromatic amines is 1. The number of hydrogen-bond donors (Lipinski definition) is 1. The van der Waals surface area contributed by atoms with Crippen molar-refractivity contribution in [3.8, 4) is 0 Å². The molecule has 0 aliphatic carbocycles. The molecule has 0 spiro atoms. The second-order valence-electron chi connectivity index (χ2n) is 3.80. The summed E-state index contributed by atoms with van der Waals surface area (Å²) >= 11 is 5.12. The van der Waals surface area contributed by atoms with Crippen LogP contribution in [0.3, 0.4) is 0 Å². The van der Waals surface area contributed by atoms with Crippen molar-refractivity contribution in [1.82, 2.24) is 19.7 Å². The Morgan fingerprint density at radius 3 is 2.64 bits per heavy atom. The predicted octanol–water partition coefficient (Wildman–Crippen LogP) is 1.59. The zero-order valence-corrected chi connectivity index (χ0v) is 10.1. The van der Waals surface area contributed by atoms with Crippen LogP contribution in [0.2, 0.25) is 0 Å². The van der Waals surface area contributed by atoms with Crippen LogP contribution < -0.4 is 0 Å². The Hall–Kier alpha value is -0.680. The van der Waals surface area contributed by atoms with Crippen LogP contribution in [0.5, 0.6) is 0 Å². The summed E-state index contributed by atoms with van der Waals surface area (Å²) in [6.07, 6.45) is 0. The maximum absolute atomic E-state index is 5.12. The molecular weight excluding hydrogens is 196 g/mol. The Labute approximate surface area is 89.9 Å². The van der Waals surface area contributed by atoms with Gasteiger partial charge in [0.05, 0.1) is 0 Å². The van der Waals surface area contributed by atoms with E-state index in [9.17, 15) is 0 Å². The highest BCUT2D eigenvalue weighted by Gasteiger charge is 2.05. The normalized spacial score (nSPS) is 11.6. The Morgan fingerprint density at radius 2 is 2.21 bits per heavy atom. The number of aryl methyl sites for hydroxylation is 1. The van der Waals surface area contributed by atoms with Crippen molar-refractivity contribution in [3.63, 3.8) is 0 Å². The lowest BCUT2D eigenvalue weighted by Crippen LogP contribution is -2.29. The van der Waals surface area contributed by atoms with Crippen molar-refractivity contribution in [3.05, 3.63) is 10.6 Å². The van der Waals surface area contributed by atoms with Crippen molar-refractivity contribution >= 4 is 12.2 Å². The van der Waals surface area contributed by atoms with Gasteiger partial charge in [-0.25, -0.2) is 0 Å². The summed E-state index contributed by atoms with van der Waals surface area (Å²) in [7, 11) is 2.11. The molecule has 14 heavy (non-hydrogen) atoms. The Balaban J connectivity index is 2.58. The van der Waals surface area contributed by atoms with Gasteiger partial charge in [-0.3, -0.25) is 5.10 Å².